The average molecular weight is 257 g/mol. The summed E-state index contributed by atoms with van der Waals surface area (Å²) >= 11 is 0. The van der Waals surface area contributed by atoms with Crippen molar-refractivity contribution in [1.82, 2.24) is 0 Å². The summed E-state index contributed by atoms with van der Waals surface area (Å²) in [5.74, 6) is 1.33. The molecule has 0 spiro atoms. The number of hydrogen-bond acceptors (Lipinski definition) is 5. The molecule has 0 bridgehead atoms. The highest BCUT2D eigenvalue weighted by atomic mass is 16.5. The Labute approximate surface area is 111 Å². The minimum absolute atomic E-state index is 0.589. The van der Waals surface area contributed by atoms with Crippen LogP contribution in [0.4, 0.5) is 17.1 Å². The Bertz CT molecular complexity index is 597. The number of nitrogens with zero attached hydrogens (tertiary/aromatic N) is 2. The van der Waals surface area contributed by atoms with Crippen molar-refractivity contribution in [2.75, 3.05) is 20.0 Å². The van der Waals surface area contributed by atoms with E-state index in [0.29, 0.717) is 22.8 Å². The molecule has 0 radical (unpaired) electrons. The highest BCUT2D eigenvalue weighted by Crippen LogP contribution is 2.31. The van der Waals surface area contributed by atoms with Crippen LogP contribution in [-0.4, -0.2) is 14.2 Å². The zero-order chi connectivity index (χ0) is 13.7. The van der Waals surface area contributed by atoms with Gasteiger partial charge in [0.2, 0.25) is 0 Å². The second-order valence-corrected chi connectivity index (χ2v) is 3.83. The fourth-order valence-corrected chi connectivity index (χ4v) is 1.56. The van der Waals surface area contributed by atoms with E-state index in [4.69, 9.17) is 15.2 Å². The van der Waals surface area contributed by atoms with Gasteiger partial charge in [-0.1, -0.05) is 6.07 Å². The Kier molecular flexibility index (Phi) is 3.97. The second kappa shape index (κ2) is 5.86. The zero-order valence-electron chi connectivity index (χ0n) is 10.8. The highest BCUT2D eigenvalue weighted by Gasteiger charge is 2.02. The molecule has 2 N–H and O–H groups in total. The van der Waals surface area contributed by atoms with Gasteiger partial charge in [0, 0.05) is 17.8 Å². The third-order valence-corrected chi connectivity index (χ3v) is 2.53. The molecule has 0 aliphatic carbocycles. The summed E-state index contributed by atoms with van der Waals surface area (Å²) < 4.78 is 10.3. The van der Waals surface area contributed by atoms with E-state index in [-0.39, 0.29) is 0 Å². The molecule has 98 valence electrons. The predicted molar refractivity (Wildman–Crippen MR) is 74.6 cm³/mol. The van der Waals surface area contributed by atoms with Crippen LogP contribution in [0.25, 0.3) is 0 Å². The number of nitrogen functional groups attached to an aromatic ring is 1. The summed E-state index contributed by atoms with van der Waals surface area (Å²) in [6, 6.07) is 12.6. The van der Waals surface area contributed by atoms with E-state index >= 15 is 0 Å². The molecule has 5 nitrogen and oxygen atoms in total. The third kappa shape index (κ3) is 3.22. The Morgan fingerprint density at radius 3 is 2.53 bits per heavy atom. The van der Waals surface area contributed by atoms with Gasteiger partial charge >= 0.3 is 0 Å². The van der Waals surface area contributed by atoms with Crippen molar-refractivity contribution in [2.45, 2.75) is 0 Å². The van der Waals surface area contributed by atoms with Crippen LogP contribution in [0.5, 0.6) is 11.5 Å². The van der Waals surface area contributed by atoms with Gasteiger partial charge in [-0.2, -0.15) is 5.11 Å². The van der Waals surface area contributed by atoms with Crippen LogP contribution in [-0.2, 0) is 0 Å². The van der Waals surface area contributed by atoms with E-state index in [0.717, 1.165) is 5.75 Å². The van der Waals surface area contributed by atoms with Gasteiger partial charge in [0.25, 0.3) is 0 Å². The Morgan fingerprint density at radius 1 is 0.947 bits per heavy atom. The number of methoxy groups -OCH3 is 2. The molecule has 0 aliphatic rings. The van der Waals surface area contributed by atoms with E-state index < -0.39 is 0 Å². The molecule has 0 heterocycles. The molecule has 2 aromatic carbocycles. The summed E-state index contributed by atoms with van der Waals surface area (Å²) in [5, 5.41) is 8.30. The first-order chi connectivity index (χ1) is 9.22. The maximum absolute atomic E-state index is 5.68. The minimum Gasteiger partial charge on any atom is -0.497 e. The van der Waals surface area contributed by atoms with Crippen LogP contribution >= 0.6 is 0 Å². The van der Waals surface area contributed by atoms with E-state index in [2.05, 4.69) is 10.2 Å². The van der Waals surface area contributed by atoms with Crippen molar-refractivity contribution in [3.63, 3.8) is 0 Å². The minimum atomic E-state index is 0.589. The summed E-state index contributed by atoms with van der Waals surface area (Å²) in [6.07, 6.45) is 0. The molecule has 2 aromatic rings. The maximum Gasteiger partial charge on any atom is 0.148 e. The first-order valence-corrected chi connectivity index (χ1v) is 5.72. The topological polar surface area (TPSA) is 69.2 Å². The maximum atomic E-state index is 5.68. The van der Waals surface area contributed by atoms with Gasteiger partial charge in [-0.05, 0) is 24.3 Å². The molecule has 19 heavy (non-hydrogen) atoms. The largest absolute Gasteiger partial charge is 0.497 e. The lowest BCUT2D eigenvalue weighted by Gasteiger charge is -2.04. The number of rotatable bonds is 4. The van der Waals surface area contributed by atoms with Crippen LogP contribution in [0.3, 0.4) is 0 Å². The molecular weight excluding hydrogens is 242 g/mol. The molecular formula is C14H15N3O2. The lowest BCUT2D eigenvalue weighted by molar-refractivity contribution is 0.415. The number of benzene rings is 2. The van der Waals surface area contributed by atoms with Crippen molar-refractivity contribution in [1.29, 1.82) is 0 Å². The number of hydrogen-bond donors (Lipinski definition) is 1. The summed E-state index contributed by atoms with van der Waals surface area (Å²) in [5.41, 5.74) is 7.63. The second-order valence-electron chi connectivity index (χ2n) is 3.83. The molecule has 0 aliphatic heterocycles. The van der Waals surface area contributed by atoms with Crippen LogP contribution in [0, 0.1) is 0 Å². The molecule has 0 atom stereocenters. The fraction of sp³-hybridized carbons (Fsp3) is 0.143. The van der Waals surface area contributed by atoms with Crippen LogP contribution in [0.1, 0.15) is 0 Å². The summed E-state index contributed by atoms with van der Waals surface area (Å²) in [6.45, 7) is 0. The van der Waals surface area contributed by atoms with Gasteiger partial charge in [0.1, 0.15) is 17.2 Å². The van der Waals surface area contributed by atoms with Crippen molar-refractivity contribution < 1.29 is 9.47 Å². The molecule has 0 unspecified atom stereocenters. The van der Waals surface area contributed by atoms with Crippen molar-refractivity contribution in [2.24, 2.45) is 10.2 Å². The molecule has 0 saturated carbocycles. The predicted octanol–water partition coefficient (Wildman–Crippen LogP) is 3.70. The molecule has 5 heteroatoms. The van der Waals surface area contributed by atoms with Crippen LogP contribution < -0.4 is 15.2 Å². The lowest BCUT2D eigenvalue weighted by Crippen LogP contribution is -1.87. The number of ether oxygens (including phenoxy) is 2. The molecule has 2 rings (SSSR count). The average Bonchev–Trinajstić information content (AvgIpc) is 2.46. The van der Waals surface area contributed by atoms with E-state index in [9.17, 15) is 0 Å². The summed E-state index contributed by atoms with van der Waals surface area (Å²) in [4.78, 5) is 0. The van der Waals surface area contributed by atoms with E-state index in [1.54, 1.807) is 38.5 Å². The molecule has 0 amide bonds. The number of azo groups is 1. The monoisotopic (exact) mass is 257 g/mol. The van der Waals surface area contributed by atoms with Gasteiger partial charge < -0.3 is 15.2 Å². The fourth-order valence-electron chi connectivity index (χ4n) is 1.56. The number of nitrogens with two attached hydrogens (primary N) is 1. The zero-order valence-corrected chi connectivity index (χ0v) is 10.8. The van der Waals surface area contributed by atoms with Gasteiger partial charge in [0.05, 0.1) is 19.9 Å². The Balaban J connectivity index is 2.26. The quantitative estimate of drug-likeness (QED) is 0.670. The SMILES string of the molecule is COc1cccc(/N=N/c2ccc(N)cc2OC)c1. The normalized spacial score (nSPS) is 10.6. The Morgan fingerprint density at radius 2 is 1.79 bits per heavy atom. The Hall–Kier alpha value is -2.56. The van der Waals surface area contributed by atoms with Crippen LogP contribution in [0.2, 0.25) is 0 Å². The van der Waals surface area contributed by atoms with E-state index in [1.165, 1.54) is 0 Å². The van der Waals surface area contributed by atoms with Crippen molar-refractivity contribution in [3.8, 4) is 11.5 Å². The van der Waals surface area contributed by atoms with E-state index in [1.807, 2.05) is 18.2 Å². The molecule has 0 saturated heterocycles. The van der Waals surface area contributed by atoms with Gasteiger partial charge in [-0.3, -0.25) is 0 Å². The lowest BCUT2D eigenvalue weighted by atomic mass is 10.2. The smallest absolute Gasteiger partial charge is 0.148 e. The van der Waals surface area contributed by atoms with Crippen molar-refractivity contribution in [3.05, 3.63) is 42.5 Å². The third-order valence-electron chi connectivity index (χ3n) is 2.53. The number of anilines is 1. The standard InChI is InChI=1S/C14H15N3O2/c1-18-12-5-3-4-11(9-12)16-17-13-7-6-10(15)8-14(13)19-2/h3-9H,15H2,1-2H3/b17-16+. The highest BCUT2D eigenvalue weighted by molar-refractivity contribution is 5.59. The molecule has 0 fully saturated rings. The van der Waals surface area contributed by atoms with Gasteiger partial charge in [0.15, 0.2) is 0 Å². The first kappa shape index (κ1) is 12.9. The van der Waals surface area contributed by atoms with Crippen molar-refractivity contribution >= 4 is 17.1 Å². The molecule has 0 aromatic heterocycles. The van der Waals surface area contributed by atoms with Gasteiger partial charge in [-0.15, -0.1) is 5.11 Å². The van der Waals surface area contributed by atoms with Crippen LogP contribution in [0.15, 0.2) is 52.7 Å². The first-order valence-electron chi connectivity index (χ1n) is 5.72. The summed E-state index contributed by atoms with van der Waals surface area (Å²) in [7, 11) is 3.18. The van der Waals surface area contributed by atoms with Gasteiger partial charge in [-0.25, -0.2) is 0 Å².